The maximum absolute atomic E-state index is 13.5. The molecule has 1 aromatic carbocycles. The zero-order chi connectivity index (χ0) is 21.7. The van der Waals surface area contributed by atoms with Crippen molar-refractivity contribution >= 4 is 22.5 Å². The maximum Gasteiger partial charge on any atom is 0.417 e. The molecule has 0 aliphatic carbocycles. The fourth-order valence-electron chi connectivity index (χ4n) is 2.57. The number of alkyl halides is 6. The monoisotopic (exact) mass is 408 g/mol. The van der Waals surface area contributed by atoms with Crippen LogP contribution in [0.3, 0.4) is 0 Å². The zero-order valence-corrected chi connectivity index (χ0v) is 14.7. The van der Waals surface area contributed by atoms with Crippen LogP contribution in [-0.2, 0) is 16.4 Å². The molecule has 1 N–H and O–H groups in total. The van der Waals surface area contributed by atoms with E-state index in [0.29, 0.717) is 0 Å². The fraction of sp³-hybridized carbons (Fsp3) is 0.333. The first kappa shape index (κ1) is 21.5. The molecular formula is C18H14F6O4. The average molecular weight is 408 g/mol. The number of benzene rings is 1. The number of fused-ring (bicyclic) bond motifs is 1. The van der Waals surface area contributed by atoms with Crippen LogP contribution in [-0.4, -0.2) is 17.3 Å². The molecular weight excluding hydrogens is 394 g/mol. The normalized spacial score (nSPS) is 13.8. The van der Waals surface area contributed by atoms with E-state index in [2.05, 4.69) is 4.42 Å². The van der Waals surface area contributed by atoms with Gasteiger partial charge in [-0.3, -0.25) is 0 Å². The molecule has 2 rings (SSSR count). The number of halogens is 6. The first-order chi connectivity index (χ1) is 12.5. The van der Waals surface area contributed by atoms with Gasteiger partial charge in [0, 0.05) is 23.1 Å². The number of hydrogen-bond acceptors (Lipinski definition) is 3. The summed E-state index contributed by atoms with van der Waals surface area (Å²) >= 11 is 0. The van der Waals surface area contributed by atoms with Crippen LogP contribution in [0.1, 0.15) is 37.5 Å². The lowest BCUT2D eigenvalue weighted by Crippen LogP contribution is -2.18. The minimum atomic E-state index is -5.23. The third kappa shape index (κ3) is 4.37. The summed E-state index contributed by atoms with van der Waals surface area (Å²) in [7, 11) is 0. The lowest BCUT2D eigenvalue weighted by atomic mass is 9.83. The Kier molecular flexibility index (Phi) is 5.13. The molecule has 0 unspecified atom stereocenters. The van der Waals surface area contributed by atoms with E-state index in [-0.39, 0.29) is 17.7 Å². The second-order valence-electron chi connectivity index (χ2n) is 7.02. The molecule has 1 aromatic heterocycles. The molecule has 0 amide bonds. The Balaban J connectivity index is 3.14. The highest BCUT2D eigenvalue weighted by Crippen LogP contribution is 2.42. The van der Waals surface area contributed by atoms with Gasteiger partial charge >= 0.3 is 23.9 Å². The number of aliphatic carboxylic acids is 1. The number of allylic oxidation sites excluding steroid dienone is 1. The summed E-state index contributed by atoms with van der Waals surface area (Å²) in [6.45, 7) is 4.66. The third-order valence-electron chi connectivity index (χ3n) is 3.88. The molecule has 0 aliphatic heterocycles. The summed E-state index contributed by atoms with van der Waals surface area (Å²) in [5.41, 5.74) is -7.49. The summed E-state index contributed by atoms with van der Waals surface area (Å²) in [4.78, 5) is 22.5. The molecule has 0 fully saturated rings. The van der Waals surface area contributed by atoms with Crippen molar-refractivity contribution in [3.05, 3.63) is 51.4 Å². The van der Waals surface area contributed by atoms with Crippen molar-refractivity contribution < 1.29 is 40.7 Å². The van der Waals surface area contributed by atoms with Crippen LogP contribution in [0.15, 0.2) is 33.5 Å². The van der Waals surface area contributed by atoms with Gasteiger partial charge in [0.05, 0.1) is 11.1 Å². The van der Waals surface area contributed by atoms with Crippen LogP contribution in [0.2, 0.25) is 0 Å². The van der Waals surface area contributed by atoms with Crippen LogP contribution >= 0.6 is 0 Å². The first-order valence-corrected chi connectivity index (χ1v) is 7.73. The average Bonchev–Trinajstić information content (AvgIpc) is 2.48. The molecule has 1 heterocycles. The van der Waals surface area contributed by atoms with Gasteiger partial charge in [0.15, 0.2) is 0 Å². The lowest BCUT2D eigenvalue weighted by molar-refractivity contribution is -0.136. The summed E-state index contributed by atoms with van der Waals surface area (Å²) in [5.74, 6) is -1.96. The Morgan fingerprint density at radius 3 is 2.04 bits per heavy atom. The van der Waals surface area contributed by atoms with E-state index < -0.39 is 57.0 Å². The quantitative estimate of drug-likeness (QED) is 0.425. The van der Waals surface area contributed by atoms with E-state index >= 15 is 0 Å². The van der Waals surface area contributed by atoms with Gasteiger partial charge in [0.1, 0.15) is 5.58 Å². The van der Waals surface area contributed by atoms with Crippen molar-refractivity contribution in [1.82, 2.24) is 0 Å². The second-order valence-corrected chi connectivity index (χ2v) is 7.02. The van der Waals surface area contributed by atoms with Gasteiger partial charge in [0.2, 0.25) is 0 Å². The summed E-state index contributed by atoms with van der Waals surface area (Å²) in [6.07, 6.45) is -10.5. The number of carboxylic acid groups (broad SMARTS) is 1. The summed E-state index contributed by atoms with van der Waals surface area (Å²) < 4.78 is 85.3. The van der Waals surface area contributed by atoms with Crippen LogP contribution in [0.4, 0.5) is 26.3 Å². The topological polar surface area (TPSA) is 67.5 Å². The molecule has 2 aromatic rings. The third-order valence-corrected chi connectivity index (χ3v) is 3.88. The molecule has 4 nitrogen and oxygen atoms in total. The van der Waals surface area contributed by atoms with Crippen LogP contribution in [0.5, 0.6) is 0 Å². The minimum absolute atomic E-state index is 0.0647. The maximum atomic E-state index is 13.5. The molecule has 10 heteroatoms. The van der Waals surface area contributed by atoms with Gasteiger partial charge in [-0.15, -0.1) is 0 Å². The summed E-state index contributed by atoms with van der Waals surface area (Å²) in [5, 5.41) is 8.03. The number of carbonyl (C=O) groups is 1. The van der Waals surface area contributed by atoms with Gasteiger partial charge in [0.25, 0.3) is 0 Å². The van der Waals surface area contributed by atoms with Gasteiger partial charge in [-0.05, 0) is 23.1 Å². The van der Waals surface area contributed by atoms with Gasteiger partial charge in [-0.2, -0.15) is 26.3 Å². The van der Waals surface area contributed by atoms with Crippen molar-refractivity contribution in [2.45, 2.75) is 38.5 Å². The lowest BCUT2D eigenvalue weighted by Gasteiger charge is -2.23. The smallest absolute Gasteiger partial charge is 0.417 e. The van der Waals surface area contributed by atoms with Gasteiger partial charge in [-0.1, -0.05) is 20.8 Å². The van der Waals surface area contributed by atoms with E-state index in [1.165, 1.54) is 0 Å². The highest BCUT2D eigenvalue weighted by Gasteiger charge is 2.40. The largest absolute Gasteiger partial charge is 0.478 e. The fourth-order valence-corrected chi connectivity index (χ4v) is 2.57. The first-order valence-electron chi connectivity index (χ1n) is 7.73. The molecule has 0 bridgehead atoms. The molecule has 28 heavy (non-hydrogen) atoms. The van der Waals surface area contributed by atoms with Crippen molar-refractivity contribution in [2.24, 2.45) is 0 Å². The standard InChI is InChI=1S/C18H14F6O4/c1-16(2,3)8-4-9(11(6-13(25)26)17(19,20)21)15-10(5-8)12(18(22,23)24)7-14(27)28-15/h4-7H,1-3H3,(H,25,26). The molecule has 0 saturated carbocycles. The summed E-state index contributed by atoms with van der Waals surface area (Å²) in [6, 6.07) is 2.01. The van der Waals surface area contributed by atoms with Crippen LogP contribution < -0.4 is 5.63 Å². The highest BCUT2D eigenvalue weighted by molar-refractivity contribution is 5.99. The Morgan fingerprint density at radius 1 is 1.04 bits per heavy atom. The predicted octanol–water partition coefficient (Wildman–Crippen LogP) is 5.14. The Morgan fingerprint density at radius 2 is 1.61 bits per heavy atom. The number of rotatable bonds is 2. The molecule has 0 aliphatic rings. The Labute approximate surface area is 154 Å². The SMILES string of the molecule is CC(C)(C)c1cc(C(=CC(=O)O)C(F)(F)F)c2oc(=O)cc(C(F)(F)F)c2c1. The Hall–Kier alpha value is -2.78. The second kappa shape index (κ2) is 6.68. The van der Waals surface area contributed by atoms with E-state index in [4.69, 9.17) is 5.11 Å². The zero-order valence-electron chi connectivity index (χ0n) is 14.7. The van der Waals surface area contributed by atoms with Crippen molar-refractivity contribution in [3.63, 3.8) is 0 Å². The molecule has 0 saturated heterocycles. The van der Waals surface area contributed by atoms with Crippen molar-refractivity contribution in [1.29, 1.82) is 0 Å². The van der Waals surface area contributed by atoms with Crippen LogP contribution in [0, 0.1) is 0 Å². The van der Waals surface area contributed by atoms with E-state index in [1.54, 1.807) is 20.8 Å². The molecule has 0 radical (unpaired) electrons. The Bertz CT molecular complexity index is 1020. The van der Waals surface area contributed by atoms with E-state index in [9.17, 15) is 35.9 Å². The van der Waals surface area contributed by atoms with E-state index in [1.807, 2.05) is 0 Å². The molecule has 0 spiro atoms. The predicted molar refractivity (Wildman–Crippen MR) is 87.9 cm³/mol. The molecule has 0 atom stereocenters. The minimum Gasteiger partial charge on any atom is -0.478 e. The van der Waals surface area contributed by atoms with Gasteiger partial charge < -0.3 is 9.52 Å². The van der Waals surface area contributed by atoms with Crippen molar-refractivity contribution in [2.75, 3.05) is 0 Å². The van der Waals surface area contributed by atoms with Crippen LogP contribution in [0.25, 0.3) is 16.5 Å². The number of carboxylic acids is 1. The molecule has 152 valence electrons. The highest BCUT2D eigenvalue weighted by atomic mass is 19.4. The number of hydrogen-bond donors (Lipinski definition) is 1. The van der Waals surface area contributed by atoms with E-state index in [0.717, 1.165) is 12.1 Å². The van der Waals surface area contributed by atoms with Crippen molar-refractivity contribution in [3.8, 4) is 0 Å². The van der Waals surface area contributed by atoms with Gasteiger partial charge in [-0.25, -0.2) is 9.59 Å².